The normalized spacial score (nSPS) is 11.2. The van der Waals surface area contributed by atoms with Gasteiger partial charge in [0.05, 0.1) is 22.5 Å². The number of halogens is 1. The molecule has 0 aromatic heterocycles. The van der Waals surface area contributed by atoms with Gasteiger partial charge in [0.15, 0.2) is 0 Å². The van der Waals surface area contributed by atoms with Crippen molar-refractivity contribution in [3.63, 3.8) is 0 Å². The van der Waals surface area contributed by atoms with Gasteiger partial charge >= 0.3 is 0 Å². The van der Waals surface area contributed by atoms with Gasteiger partial charge in [0.1, 0.15) is 0 Å². The molecule has 0 aliphatic heterocycles. The summed E-state index contributed by atoms with van der Waals surface area (Å²) in [6.45, 7) is 0. The molecule has 18 heavy (non-hydrogen) atoms. The van der Waals surface area contributed by atoms with Gasteiger partial charge in [-0.3, -0.25) is 9.10 Å². The second-order valence-electron chi connectivity index (χ2n) is 4.09. The van der Waals surface area contributed by atoms with Crippen LogP contribution in [0, 0.1) is 0 Å². The molecule has 0 heterocycles. The van der Waals surface area contributed by atoms with Gasteiger partial charge in [-0.1, -0.05) is 11.6 Å². The molecule has 1 aromatic rings. The van der Waals surface area contributed by atoms with E-state index >= 15 is 0 Å². The standard InChI is InChI=1S/C11H15ClN2O3S/c1-13(2)11(15)9-7-8(5-6-10(9)12)14(3)18(4,16)17/h5-7H,1-4H3. The molecule has 1 amide bonds. The van der Waals surface area contributed by atoms with Crippen LogP contribution in [0.4, 0.5) is 5.69 Å². The average molecular weight is 291 g/mol. The van der Waals surface area contributed by atoms with Gasteiger partial charge in [0.2, 0.25) is 10.0 Å². The molecule has 1 aromatic carbocycles. The van der Waals surface area contributed by atoms with Crippen molar-refractivity contribution in [2.45, 2.75) is 0 Å². The van der Waals surface area contributed by atoms with E-state index in [-0.39, 0.29) is 11.5 Å². The SMILES string of the molecule is CN(C)C(=O)c1cc(N(C)S(C)(=O)=O)ccc1Cl. The van der Waals surface area contributed by atoms with Crippen molar-refractivity contribution < 1.29 is 13.2 Å². The minimum Gasteiger partial charge on any atom is -0.345 e. The summed E-state index contributed by atoms with van der Waals surface area (Å²) >= 11 is 5.94. The number of rotatable bonds is 3. The Balaban J connectivity index is 3.29. The third-order valence-electron chi connectivity index (χ3n) is 2.45. The molecule has 0 unspecified atom stereocenters. The molecule has 0 N–H and O–H groups in total. The van der Waals surface area contributed by atoms with Crippen LogP contribution < -0.4 is 4.31 Å². The van der Waals surface area contributed by atoms with Crippen molar-refractivity contribution in [3.8, 4) is 0 Å². The number of carbonyl (C=O) groups is 1. The van der Waals surface area contributed by atoms with Crippen molar-refractivity contribution in [3.05, 3.63) is 28.8 Å². The summed E-state index contributed by atoms with van der Waals surface area (Å²) in [6, 6.07) is 4.52. The Labute approximate surface area is 112 Å². The number of hydrogen-bond donors (Lipinski definition) is 0. The van der Waals surface area contributed by atoms with E-state index in [0.29, 0.717) is 10.7 Å². The van der Waals surface area contributed by atoms with Crippen LogP contribution in [0.15, 0.2) is 18.2 Å². The van der Waals surface area contributed by atoms with Crippen LogP contribution in [0.25, 0.3) is 0 Å². The van der Waals surface area contributed by atoms with E-state index in [1.807, 2.05) is 0 Å². The zero-order chi connectivity index (χ0) is 14.1. The Kier molecular flexibility index (Phi) is 4.24. The summed E-state index contributed by atoms with van der Waals surface area (Å²) in [5, 5.41) is 0.291. The van der Waals surface area contributed by atoms with E-state index in [1.54, 1.807) is 20.2 Å². The number of amides is 1. The van der Waals surface area contributed by atoms with Crippen molar-refractivity contribution in [2.75, 3.05) is 31.7 Å². The average Bonchev–Trinajstić information content (AvgIpc) is 2.26. The first-order valence-corrected chi connectivity index (χ1v) is 7.32. The van der Waals surface area contributed by atoms with Gasteiger partial charge < -0.3 is 4.90 Å². The predicted octanol–water partition coefficient (Wildman–Crippen LogP) is 1.44. The van der Waals surface area contributed by atoms with Gasteiger partial charge in [-0.05, 0) is 18.2 Å². The van der Waals surface area contributed by atoms with Crippen molar-refractivity contribution >= 4 is 33.2 Å². The molecule has 0 fully saturated rings. The highest BCUT2D eigenvalue weighted by molar-refractivity contribution is 7.92. The van der Waals surface area contributed by atoms with Crippen LogP contribution in [-0.4, -0.2) is 46.6 Å². The maximum Gasteiger partial charge on any atom is 0.254 e. The van der Waals surface area contributed by atoms with Crippen LogP contribution in [0.3, 0.4) is 0 Å². The third kappa shape index (κ3) is 3.14. The quantitative estimate of drug-likeness (QED) is 0.846. The molecule has 100 valence electrons. The monoisotopic (exact) mass is 290 g/mol. The second kappa shape index (κ2) is 5.16. The molecule has 0 aliphatic carbocycles. The van der Waals surface area contributed by atoms with E-state index in [0.717, 1.165) is 10.6 Å². The van der Waals surface area contributed by atoms with E-state index < -0.39 is 10.0 Å². The van der Waals surface area contributed by atoms with Gasteiger partial charge in [0, 0.05) is 21.1 Å². The molecule has 0 aliphatic rings. The van der Waals surface area contributed by atoms with Gasteiger partial charge in [-0.25, -0.2) is 8.42 Å². The second-order valence-corrected chi connectivity index (χ2v) is 6.52. The highest BCUT2D eigenvalue weighted by atomic mass is 35.5. The van der Waals surface area contributed by atoms with E-state index in [9.17, 15) is 13.2 Å². The molecule has 0 radical (unpaired) electrons. The molecular formula is C11H15ClN2O3S. The molecule has 0 saturated heterocycles. The first-order chi connectivity index (χ1) is 8.14. The molecule has 0 saturated carbocycles. The molecule has 0 spiro atoms. The lowest BCUT2D eigenvalue weighted by Gasteiger charge is -2.19. The topological polar surface area (TPSA) is 57.7 Å². The van der Waals surface area contributed by atoms with Crippen molar-refractivity contribution in [1.29, 1.82) is 0 Å². The van der Waals surface area contributed by atoms with Crippen LogP contribution in [0.2, 0.25) is 5.02 Å². The number of benzene rings is 1. The lowest BCUT2D eigenvalue weighted by molar-refractivity contribution is 0.0828. The lowest BCUT2D eigenvalue weighted by atomic mass is 10.2. The third-order valence-corrected chi connectivity index (χ3v) is 3.98. The fourth-order valence-corrected chi connectivity index (χ4v) is 2.00. The highest BCUT2D eigenvalue weighted by Crippen LogP contribution is 2.24. The Morgan fingerprint density at radius 1 is 1.22 bits per heavy atom. The zero-order valence-electron chi connectivity index (χ0n) is 10.6. The van der Waals surface area contributed by atoms with Crippen LogP contribution in [0.5, 0.6) is 0 Å². The molecule has 0 bridgehead atoms. The molecule has 1 rings (SSSR count). The minimum atomic E-state index is -3.37. The number of anilines is 1. The van der Waals surface area contributed by atoms with Crippen LogP contribution in [0.1, 0.15) is 10.4 Å². The Morgan fingerprint density at radius 2 is 1.78 bits per heavy atom. The van der Waals surface area contributed by atoms with Crippen molar-refractivity contribution in [1.82, 2.24) is 4.90 Å². The first kappa shape index (κ1) is 14.8. The summed E-state index contributed by atoms with van der Waals surface area (Å²) < 4.78 is 24.0. The summed E-state index contributed by atoms with van der Waals surface area (Å²) in [4.78, 5) is 13.2. The first-order valence-electron chi connectivity index (χ1n) is 5.09. The summed E-state index contributed by atoms with van der Waals surface area (Å²) in [5.41, 5.74) is 0.668. The molecule has 0 atom stereocenters. The zero-order valence-corrected chi connectivity index (χ0v) is 12.2. The molecular weight excluding hydrogens is 276 g/mol. The number of nitrogens with zero attached hydrogens (tertiary/aromatic N) is 2. The van der Waals surface area contributed by atoms with Crippen molar-refractivity contribution in [2.24, 2.45) is 0 Å². The Bertz CT molecular complexity index is 570. The summed E-state index contributed by atoms with van der Waals surface area (Å²) in [5.74, 6) is -0.274. The molecule has 5 nitrogen and oxygen atoms in total. The lowest BCUT2D eigenvalue weighted by Crippen LogP contribution is -2.26. The smallest absolute Gasteiger partial charge is 0.254 e. The fourth-order valence-electron chi connectivity index (χ4n) is 1.31. The maximum absolute atomic E-state index is 11.9. The minimum absolute atomic E-state index is 0.273. The highest BCUT2D eigenvalue weighted by Gasteiger charge is 2.17. The number of hydrogen-bond acceptors (Lipinski definition) is 3. The van der Waals surface area contributed by atoms with E-state index in [1.165, 1.54) is 24.1 Å². The number of sulfonamides is 1. The van der Waals surface area contributed by atoms with Gasteiger partial charge in [-0.2, -0.15) is 0 Å². The number of carbonyl (C=O) groups excluding carboxylic acids is 1. The van der Waals surface area contributed by atoms with Crippen LogP contribution >= 0.6 is 11.6 Å². The Hall–Kier alpha value is -1.27. The Morgan fingerprint density at radius 3 is 2.22 bits per heavy atom. The summed E-state index contributed by atoms with van der Waals surface area (Å²) in [6.07, 6.45) is 1.09. The largest absolute Gasteiger partial charge is 0.345 e. The fraction of sp³-hybridized carbons (Fsp3) is 0.364. The van der Waals surface area contributed by atoms with Gasteiger partial charge in [-0.15, -0.1) is 0 Å². The van der Waals surface area contributed by atoms with Crippen LogP contribution in [-0.2, 0) is 10.0 Å². The predicted molar refractivity (Wildman–Crippen MR) is 72.7 cm³/mol. The summed E-state index contributed by atoms with van der Waals surface area (Å²) in [7, 11) is 1.26. The van der Waals surface area contributed by atoms with E-state index in [2.05, 4.69) is 0 Å². The van der Waals surface area contributed by atoms with Gasteiger partial charge in [0.25, 0.3) is 5.91 Å². The van der Waals surface area contributed by atoms with E-state index in [4.69, 9.17) is 11.6 Å². The molecule has 7 heteroatoms. The maximum atomic E-state index is 11.9.